The van der Waals surface area contributed by atoms with Crippen molar-refractivity contribution in [1.29, 1.82) is 0 Å². The number of carbonyl (C=O) groups excluding carboxylic acids is 1. The van der Waals surface area contributed by atoms with Crippen LogP contribution in [0.4, 0.5) is 11.4 Å². The van der Waals surface area contributed by atoms with E-state index in [4.69, 9.17) is 18.9 Å². The Hall–Kier alpha value is -4.27. The Labute approximate surface area is 178 Å². The van der Waals surface area contributed by atoms with Gasteiger partial charge in [0.1, 0.15) is 17.1 Å². The quantitative estimate of drug-likeness (QED) is 0.413. The lowest BCUT2D eigenvalue weighted by atomic mass is 10.1. The van der Waals surface area contributed by atoms with E-state index in [1.807, 2.05) is 30.3 Å². The zero-order valence-corrected chi connectivity index (χ0v) is 17.1. The first-order valence-electron chi connectivity index (χ1n) is 9.10. The topological polar surface area (TPSA) is 109 Å². The molecule has 0 aliphatic rings. The summed E-state index contributed by atoms with van der Waals surface area (Å²) in [7, 11) is 3.93. The third-order valence-electron chi connectivity index (χ3n) is 4.32. The van der Waals surface area contributed by atoms with Crippen LogP contribution >= 0.6 is 0 Å². The van der Waals surface area contributed by atoms with E-state index in [0.717, 1.165) is 0 Å². The molecule has 3 aromatic carbocycles. The highest BCUT2D eigenvalue weighted by molar-refractivity contribution is 6.08. The number of hydrogen-bond acceptors (Lipinski definition) is 7. The van der Waals surface area contributed by atoms with Crippen molar-refractivity contribution in [3.8, 4) is 28.7 Å². The summed E-state index contributed by atoms with van der Waals surface area (Å²) >= 11 is 0. The number of hydrogen-bond donors (Lipinski definition) is 1. The standard InChI is InChI=1S/C22H20N2O7/c1-28-18-13-17(19(24(26)27)21(30-3)20(18)29-2)22(25)23-14-9-11-16(12-10-14)31-15-7-5-4-6-8-15/h4-13H,1-3H3,(H,23,25). The van der Waals surface area contributed by atoms with Crippen LogP contribution in [0.3, 0.4) is 0 Å². The van der Waals surface area contributed by atoms with Gasteiger partial charge >= 0.3 is 5.69 Å². The van der Waals surface area contributed by atoms with Crippen LogP contribution in [0.25, 0.3) is 0 Å². The highest BCUT2D eigenvalue weighted by Crippen LogP contribution is 2.46. The van der Waals surface area contributed by atoms with Gasteiger partial charge in [0, 0.05) is 11.8 Å². The Balaban J connectivity index is 1.88. The van der Waals surface area contributed by atoms with E-state index in [0.29, 0.717) is 17.2 Å². The molecule has 0 saturated heterocycles. The van der Waals surface area contributed by atoms with Gasteiger partial charge in [0.15, 0.2) is 5.75 Å². The van der Waals surface area contributed by atoms with Crippen LogP contribution in [0.5, 0.6) is 28.7 Å². The molecule has 0 spiro atoms. The molecule has 9 heteroatoms. The maximum Gasteiger partial charge on any atom is 0.327 e. The van der Waals surface area contributed by atoms with Crippen LogP contribution in [0.2, 0.25) is 0 Å². The number of nitrogens with zero attached hydrogens (tertiary/aromatic N) is 1. The Bertz CT molecular complexity index is 1080. The van der Waals surface area contributed by atoms with Gasteiger partial charge in [0.05, 0.1) is 26.3 Å². The van der Waals surface area contributed by atoms with Crippen LogP contribution in [0.1, 0.15) is 10.4 Å². The van der Waals surface area contributed by atoms with Crippen LogP contribution in [-0.2, 0) is 0 Å². The monoisotopic (exact) mass is 424 g/mol. The first-order valence-corrected chi connectivity index (χ1v) is 9.10. The minimum atomic E-state index is -0.706. The molecule has 0 aromatic heterocycles. The van der Waals surface area contributed by atoms with Crippen molar-refractivity contribution >= 4 is 17.3 Å². The van der Waals surface area contributed by atoms with E-state index in [-0.39, 0.29) is 22.8 Å². The van der Waals surface area contributed by atoms with Gasteiger partial charge in [-0.3, -0.25) is 14.9 Å². The Morgan fingerprint density at radius 3 is 2.03 bits per heavy atom. The summed E-state index contributed by atoms with van der Waals surface area (Å²) < 4.78 is 21.2. The van der Waals surface area contributed by atoms with Crippen LogP contribution < -0.4 is 24.3 Å². The number of rotatable bonds is 8. The molecule has 1 amide bonds. The summed E-state index contributed by atoms with van der Waals surface area (Å²) in [6.45, 7) is 0. The second-order valence-electron chi connectivity index (χ2n) is 6.19. The molecular formula is C22H20N2O7. The number of anilines is 1. The number of methoxy groups -OCH3 is 3. The summed E-state index contributed by atoms with van der Waals surface area (Å²) in [4.78, 5) is 23.8. The Morgan fingerprint density at radius 1 is 0.871 bits per heavy atom. The molecule has 0 fully saturated rings. The van der Waals surface area contributed by atoms with E-state index >= 15 is 0 Å². The molecule has 0 atom stereocenters. The summed E-state index contributed by atoms with van der Waals surface area (Å²) in [5.41, 5.74) is -0.334. The fraction of sp³-hybridized carbons (Fsp3) is 0.136. The van der Waals surface area contributed by atoms with Crippen molar-refractivity contribution in [2.45, 2.75) is 0 Å². The molecule has 0 saturated carbocycles. The van der Waals surface area contributed by atoms with E-state index in [9.17, 15) is 14.9 Å². The SMILES string of the molecule is COc1cc(C(=O)Nc2ccc(Oc3ccccc3)cc2)c([N+](=O)[O-])c(OC)c1OC. The summed E-state index contributed by atoms with van der Waals surface area (Å²) in [5, 5.41) is 14.3. The summed E-state index contributed by atoms with van der Waals surface area (Å²) in [6.07, 6.45) is 0. The van der Waals surface area contributed by atoms with Crippen molar-refractivity contribution in [1.82, 2.24) is 0 Å². The van der Waals surface area contributed by atoms with E-state index in [1.54, 1.807) is 24.3 Å². The maximum atomic E-state index is 12.9. The van der Waals surface area contributed by atoms with Gasteiger partial charge in [0.2, 0.25) is 11.5 Å². The molecule has 3 rings (SSSR count). The number of para-hydroxylation sites is 1. The molecule has 0 bridgehead atoms. The molecule has 0 aliphatic heterocycles. The molecule has 0 radical (unpaired) electrons. The predicted molar refractivity (Wildman–Crippen MR) is 114 cm³/mol. The number of nitrogens with one attached hydrogen (secondary N) is 1. The van der Waals surface area contributed by atoms with Gasteiger partial charge in [-0.2, -0.15) is 0 Å². The minimum Gasteiger partial charge on any atom is -0.493 e. The second kappa shape index (κ2) is 9.49. The molecular weight excluding hydrogens is 404 g/mol. The molecule has 31 heavy (non-hydrogen) atoms. The van der Waals surface area contributed by atoms with E-state index in [2.05, 4.69) is 5.32 Å². The second-order valence-corrected chi connectivity index (χ2v) is 6.19. The third-order valence-corrected chi connectivity index (χ3v) is 4.32. The van der Waals surface area contributed by atoms with Crippen molar-refractivity contribution < 1.29 is 28.7 Å². The first-order chi connectivity index (χ1) is 15.0. The minimum absolute atomic E-state index is 0.0238. The molecule has 160 valence electrons. The molecule has 9 nitrogen and oxygen atoms in total. The van der Waals surface area contributed by atoms with Crippen LogP contribution in [0, 0.1) is 10.1 Å². The van der Waals surface area contributed by atoms with E-state index in [1.165, 1.54) is 27.4 Å². The van der Waals surface area contributed by atoms with E-state index < -0.39 is 16.5 Å². The van der Waals surface area contributed by atoms with Gasteiger partial charge < -0.3 is 24.3 Å². The average Bonchev–Trinajstić information content (AvgIpc) is 2.79. The molecule has 0 unspecified atom stereocenters. The predicted octanol–water partition coefficient (Wildman–Crippen LogP) is 4.67. The lowest BCUT2D eigenvalue weighted by molar-refractivity contribution is -0.386. The summed E-state index contributed by atoms with van der Waals surface area (Å²) in [6, 6.07) is 17.1. The zero-order chi connectivity index (χ0) is 22.4. The number of nitro benzene ring substituents is 1. The number of nitro groups is 1. The average molecular weight is 424 g/mol. The van der Waals surface area contributed by atoms with Gasteiger partial charge in [-0.25, -0.2) is 0 Å². The number of amides is 1. The number of ether oxygens (including phenoxy) is 4. The van der Waals surface area contributed by atoms with Crippen molar-refractivity contribution in [2.24, 2.45) is 0 Å². The Morgan fingerprint density at radius 2 is 1.48 bits per heavy atom. The number of benzene rings is 3. The fourth-order valence-corrected chi connectivity index (χ4v) is 2.92. The third kappa shape index (κ3) is 4.67. The molecule has 0 aliphatic carbocycles. The Kier molecular flexibility index (Phi) is 6.56. The van der Waals surface area contributed by atoms with Gasteiger partial charge in [-0.05, 0) is 36.4 Å². The summed E-state index contributed by atoms with van der Waals surface area (Å²) in [5.74, 6) is 0.485. The van der Waals surface area contributed by atoms with Crippen LogP contribution in [0.15, 0.2) is 60.7 Å². The highest BCUT2D eigenvalue weighted by Gasteiger charge is 2.32. The normalized spacial score (nSPS) is 10.2. The van der Waals surface area contributed by atoms with Gasteiger partial charge in [-0.15, -0.1) is 0 Å². The molecule has 0 heterocycles. The van der Waals surface area contributed by atoms with Crippen LogP contribution in [-0.4, -0.2) is 32.2 Å². The number of carbonyl (C=O) groups is 1. The van der Waals surface area contributed by atoms with Gasteiger partial charge in [-0.1, -0.05) is 18.2 Å². The molecule has 1 N–H and O–H groups in total. The zero-order valence-electron chi connectivity index (χ0n) is 17.1. The lowest BCUT2D eigenvalue weighted by Crippen LogP contribution is -2.15. The molecule has 3 aromatic rings. The lowest BCUT2D eigenvalue weighted by Gasteiger charge is -2.15. The van der Waals surface area contributed by atoms with Crippen molar-refractivity contribution in [3.63, 3.8) is 0 Å². The first kappa shape index (κ1) is 21.4. The fourth-order valence-electron chi connectivity index (χ4n) is 2.92. The van der Waals surface area contributed by atoms with Crippen molar-refractivity contribution in [2.75, 3.05) is 26.6 Å². The van der Waals surface area contributed by atoms with Crippen molar-refractivity contribution in [3.05, 3.63) is 76.3 Å². The smallest absolute Gasteiger partial charge is 0.327 e. The largest absolute Gasteiger partial charge is 0.493 e. The van der Waals surface area contributed by atoms with Gasteiger partial charge in [0.25, 0.3) is 5.91 Å². The maximum absolute atomic E-state index is 12.9. The highest BCUT2D eigenvalue weighted by atomic mass is 16.6.